The second-order valence-electron chi connectivity index (χ2n) is 5.81. The van der Waals surface area contributed by atoms with Crippen LogP contribution in [0.1, 0.15) is 25.5 Å². The van der Waals surface area contributed by atoms with Crippen LogP contribution in [-0.4, -0.2) is 62.7 Å². The molecule has 23 heavy (non-hydrogen) atoms. The van der Waals surface area contributed by atoms with Gasteiger partial charge in [-0.1, -0.05) is 0 Å². The molecule has 1 aromatic rings. The van der Waals surface area contributed by atoms with Crippen LogP contribution in [-0.2, 0) is 14.6 Å². The molecule has 0 aliphatic carbocycles. The van der Waals surface area contributed by atoms with Crippen molar-refractivity contribution >= 4 is 21.6 Å². The predicted octanol–water partition coefficient (Wildman–Crippen LogP) is 1.25. The average Bonchev–Trinajstić information content (AvgIpc) is 2.84. The number of methoxy groups -OCH3 is 1. The van der Waals surface area contributed by atoms with E-state index in [1.807, 2.05) is 24.8 Å². The van der Waals surface area contributed by atoms with Gasteiger partial charge in [0.2, 0.25) is 5.95 Å². The third-order valence-corrected chi connectivity index (χ3v) is 5.67. The minimum atomic E-state index is -2.93. The molecule has 1 aromatic heterocycles. The van der Waals surface area contributed by atoms with Gasteiger partial charge in [0, 0.05) is 44.6 Å². The quantitative estimate of drug-likeness (QED) is 0.712. The highest BCUT2D eigenvalue weighted by Gasteiger charge is 2.33. The fourth-order valence-electron chi connectivity index (χ4n) is 2.79. The molecule has 1 aliphatic heterocycles. The number of nitrogens with zero attached hydrogens (tertiary/aromatic N) is 3. The number of aryl methyl sites for hydroxylation is 1. The first-order chi connectivity index (χ1) is 10.9. The van der Waals surface area contributed by atoms with Crippen LogP contribution >= 0.6 is 0 Å². The monoisotopic (exact) mass is 342 g/mol. The van der Waals surface area contributed by atoms with Gasteiger partial charge in [0.05, 0.1) is 11.5 Å². The number of hydrogen-bond acceptors (Lipinski definition) is 7. The summed E-state index contributed by atoms with van der Waals surface area (Å²) in [5, 5.41) is 3.27. The molecule has 8 heteroatoms. The summed E-state index contributed by atoms with van der Waals surface area (Å²) < 4.78 is 28.5. The Kier molecular flexibility index (Phi) is 6.17. The van der Waals surface area contributed by atoms with Crippen LogP contribution in [0.5, 0.6) is 0 Å². The molecule has 1 atom stereocenters. The summed E-state index contributed by atoms with van der Waals surface area (Å²) in [6.07, 6.45) is 1.54. The Morgan fingerprint density at radius 2 is 2.22 bits per heavy atom. The van der Waals surface area contributed by atoms with Crippen molar-refractivity contribution < 1.29 is 13.2 Å². The predicted molar refractivity (Wildman–Crippen MR) is 91.8 cm³/mol. The molecule has 1 saturated heterocycles. The number of nitrogens with one attached hydrogen (secondary N) is 1. The number of hydrogen-bond donors (Lipinski definition) is 1. The highest BCUT2D eigenvalue weighted by atomic mass is 32.2. The zero-order chi connectivity index (χ0) is 16.9. The number of sulfone groups is 1. The second-order valence-corrected chi connectivity index (χ2v) is 8.04. The fourth-order valence-corrected chi connectivity index (χ4v) is 4.52. The molecule has 2 rings (SSSR count). The van der Waals surface area contributed by atoms with E-state index in [0.29, 0.717) is 25.5 Å². The third kappa shape index (κ3) is 5.04. The van der Waals surface area contributed by atoms with Gasteiger partial charge in [0.25, 0.3) is 0 Å². The molecule has 0 radical (unpaired) electrons. The Morgan fingerprint density at radius 1 is 1.43 bits per heavy atom. The summed E-state index contributed by atoms with van der Waals surface area (Å²) in [6.45, 7) is 6.08. The first-order valence-corrected chi connectivity index (χ1v) is 9.83. The molecule has 7 nitrogen and oxygen atoms in total. The fraction of sp³-hybridized carbons (Fsp3) is 0.733. The molecule has 1 N–H and O–H groups in total. The van der Waals surface area contributed by atoms with E-state index >= 15 is 0 Å². The largest absolute Gasteiger partial charge is 0.385 e. The molecule has 1 aliphatic rings. The van der Waals surface area contributed by atoms with Crippen molar-refractivity contribution in [2.45, 2.75) is 32.7 Å². The summed E-state index contributed by atoms with van der Waals surface area (Å²) in [6, 6.07) is 1.86. The SMILES string of the molecule is CCN(c1nc(C)cc(NCCCOC)n1)C1CCS(=O)(=O)C1. The Balaban J connectivity index is 2.12. The lowest BCUT2D eigenvalue weighted by atomic mass is 10.2. The standard InChI is InChI=1S/C15H26N4O3S/c1-4-19(13-6-9-23(20,21)11-13)15-17-12(2)10-14(18-15)16-7-5-8-22-3/h10,13H,4-9,11H2,1-3H3,(H,16,17,18). The highest BCUT2D eigenvalue weighted by molar-refractivity contribution is 7.91. The van der Waals surface area contributed by atoms with Crippen LogP contribution in [0.4, 0.5) is 11.8 Å². The molecule has 0 bridgehead atoms. The first kappa shape index (κ1) is 17.9. The Labute approximate surface area is 138 Å². The van der Waals surface area contributed by atoms with Crippen LogP contribution in [0, 0.1) is 6.92 Å². The van der Waals surface area contributed by atoms with Gasteiger partial charge in [-0.25, -0.2) is 13.4 Å². The van der Waals surface area contributed by atoms with Crippen molar-refractivity contribution in [2.75, 3.05) is 48.5 Å². The van der Waals surface area contributed by atoms with Crippen molar-refractivity contribution in [1.82, 2.24) is 9.97 Å². The summed E-state index contributed by atoms with van der Waals surface area (Å²) >= 11 is 0. The van der Waals surface area contributed by atoms with Crippen molar-refractivity contribution in [3.63, 3.8) is 0 Å². The van der Waals surface area contributed by atoms with Crippen LogP contribution in [0.25, 0.3) is 0 Å². The van der Waals surface area contributed by atoms with Gasteiger partial charge in [0.15, 0.2) is 9.84 Å². The number of aromatic nitrogens is 2. The maximum absolute atomic E-state index is 11.7. The molecule has 0 saturated carbocycles. The van der Waals surface area contributed by atoms with Gasteiger partial charge >= 0.3 is 0 Å². The van der Waals surface area contributed by atoms with Gasteiger partial charge in [-0.05, 0) is 26.7 Å². The van der Waals surface area contributed by atoms with Crippen molar-refractivity contribution in [3.05, 3.63) is 11.8 Å². The van der Waals surface area contributed by atoms with E-state index < -0.39 is 9.84 Å². The topological polar surface area (TPSA) is 84.4 Å². The van der Waals surface area contributed by atoms with Crippen molar-refractivity contribution in [3.8, 4) is 0 Å². The van der Waals surface area contributed by atoms with Gasteiger partial charge in [-0.15, -0.1) is 0 Å². The van der Waals surface area contributed by atoms with E-state index in [2.05, 4.69) is 15.3 Å². The van der Waals surface area contributed by atoms with E-state index in [0.717, 1.165) is 24.5 Å². The molecular formula is C15H26N4O3S. The van der Waals surface area contributed by atoms with Crippen molar-refractivity contribution in [1.29, 1.82) is 0 Å². The molecule has 130 valence electrons. The van der Waals surface area contributed by atoms with Crippen molar-refractivity contribution in [2.24, 2.45) is 0 Å². The normalized spacial score (nSPS) is 19.7. The van der Waals surface area contributed by atoms with Crippen LogP contribution < -0.4 is 10.2 Å². The highest BCUT2D eigenvalue weighted by Crippen LogP contribution is 2.23. The Hall–Kier alpha value is -1.41. The van der Waals surface area contributed by atoms with Crippen LogP contribution in [0.15, 0.2) is 6.07 Å². The van der Waals surface area contributed by atoms with Crippen LogP contribution in [0.3, 0.4) is 0 Å². The van der Waals surface area contributed by atoms with Gasteiger partial charge in [-0.3, -0.25) is 0 Å². The smallest absolute Gasteiger partial charge is 0.227 e. The molecule has 1 unspecified atom stereocenters. The molecule has 0 amide bonds. The Morgan fingerprint density at radius 3 is 2.83 bits per heavy atom. The van der Waals surface area contributed by atoms with E-state index in [4.69, 9.17) is 4.74 Å². The zero-order valence-corrected chi connectivity index (χ0v) is 14.9. The zero-order valence-electron chi connectivity index (χ0n) is 14.1. The lowest BCUT2D eigenvalue weighted by Gasteiger charge is -2.27. The van der Waals surface area contributed by atoms with E-state index in [9.17, 15) is 8.42 Å². The Bertz CT molecular complexity index is 621. The molecule has 2 heterocycles. The maximum Gasteiger partial charge on any atom is 0.227 e. The summed E-state index contributed by atoms with van der Waals surface area (Å²) in [4.78, 5) is 11.1. The van der Waals surface area contributed by atoms with E-state index in [-0.39, 0.29) is 17.5 Å². The van der Waals surface area contributed by atoms with Crippen LogP contribution in [0.2, 0.25) is 0 Å². The molecule has 0 spiro atoms. The first-order valence-electron chi connectivity index (χ1n) is 8.00. The second kappa shape index (κ2) is 7.92. The molecular weight excluding hydrogens is 316 g/mol. The lowest BCUT2D eigenvalue weighted by molar-refractivity contribution is 0.198. The minimum Gasteiger partial charge on any atom is -0.385 e. The van der Waals surface area contributed by atoms with Gasteiger partial charge in [0.1, 0.15) is 5.82 Å². The summed E-state index contributed by atoms with van der Waals surface area (Å²) in [5.74, 6) is 1.81. The van der Waals surface area contributed by atoms with E-state index in [1.54, 1.807) is 7.11 Å². The van der Waals surface area contributed by atoms with E-state index in [1.165, 1.54) is 0 Å². The summed E-state index contributed by atoms with van der Waals surface area (Å²) in [7, 11) is -1.24. The maximum atomic E-state index is 11.7. The third-order valence-electron chi connectivity index (χ3n) is 3.92. The number of rotatable bonds is 8. The minimum absolute atomic E-state index is 0.0341. The lowest BCUT2D eigenvalue weighted by Crippen LogP contribution is -2.37. The molecule has 0 aromatic carbocycles. The van der Waals surface area contributed by atoms with Gasteiger partial charge in [-0.2, -0.15) is 4.98 Å². The summed E-state index contributed by atoms with van der Waals surface area (Å²) in [5.41, 5.74) is 0.864. The average molecular weight is 342 g/mol. The van der Waals surface area contributed by atoms with Gasteiger partial charge < -0.3 is 15.0 Å². The number of anilines is 2. The molecule has 1 fully saturated rings. The number of ether oxygens (including phenoxy) is 1.